The van der Waals surface area contributed by atoms with Crippen LogP contribution in [0.5, 0.6) is 0 Å². The number of aromatic nitrogens is 2. The van der Waals surface area contributed by atoms with Crippen molar-refractivity contribution in [3.63, 3.8) is 0 Å². The smallest absolute Gasteiger partial charge is 0.435 e. The molecule has 6 heteroatoms. The van der Waals surface area contributed by atoms with E-state index in [1.807, 2.05) is 0 Å². The standard InChI is InChI=1S/C9H12N2O4/c1-9(2,3)15-8(14)11-5-4-6(10-11)7(12)13/h4-5H,1-3H3,(H,12,13). The largest absolute Gasteiger partial charge is 0.476 e. The summed E-state index contributed by atoms with van der Waals surface area (Å²) in [5, 5.41) is 12.1. The summed E-state index contributed by atoms with van der Waals surface area (Å²) in [4.78, 5) is 21.9. The van der Waals surface area contributed by atoms with Gasteiger partial charge in [0.1, 0.15) is 5.60 Å². The van der Waals surface area contributed by atoms with Crippen molar-refractivity contribution in [1.29, 1.82) is 0 Å². The SMILES string of the molecule is CC(C)(C)OC(=O)n1ccc(C(=O)O)n1. The van der Waals surface area contributed by atoms with Crippen LogP contribution in [-0.4, -0.2) is 32.6 Å². The fourth-order valence-corrected chi connectivity index (χ4v) is 0.848. The molecule has 0 aliphatic carbocycles. The van der Waals surface area contributed by atoms with Gasteiger partial charge in [0.2, 0.25) is 0 Å². The van der Waals surface area contributed by atoms with E-state index >= 15 is 0 Å². The van der Waals surface area contributed by atoms with E-state index in [0.717, 1.165) is 4.68 Å². The molecule has 1 aromatic heterocycles. The molecular weight excluding hydrogens is 200 g/mol. The number of ether oxygens (including phenoxy) is 1. The van der Waals surface area contributed by atoms with Crippen molar-refractivity contribution < 1.29 is 19.4 Å². The number of hydrogen-bond acceptors (Lipinski definition) is 4. The quantitative estimate of drug-likeness (QED) is 0.760. The van der Waals surface area contributed by atoms with E-state index in [1.54, 1.807) is 20.8 Å². The number of hydrogen-bond donors (Lipinski definition) is 1. The van der Waals surface area contributed by atoms with Crippen LogP contribution in [0, 0.1) is 0 Å². The van der Waals surface area contributed by atoms with Crippen LogP contribution in [0.15, 0.2) is 12.3 Å². The normalized spacial score (nSPS) is 11.1. The van der Waals surface area contributed by atoms with E-state index in [1.165, 1.54) is 12.3 Å². The van der Waals surface area contributed by atoms with E-state index in [9.17, 15) is 9.59 Å². The van der Waals surface area contributed by atoms with Gasteiger partial charge in [-0.25, -0.2) is 9.59 Å². The number of carboxylic acids is 1. The van der Waals surface area contributed by atoms with Crippen LogP contribution >= 0.6 is 0 Å². The highest BCUT2D eigenvalue weighted by molar-refractivity contribution is 5.85. The molecule has 0 aromatic carbocycles. The Morgan fingerprint density at radius 1 is 1.47 bits per heavy atom. The first-order valence-electron chi connectivity index (χ1n) is 4.32. The molecule has 0 aliphatic heterocycles. The number of carboxylic acid groups (broad SMARTS) is 1. The second-order valence-electron chi connectivity index (χ2n) is 3.93. The molecule has 0 aliphatic rings. The van der Waals surface area contributed by atoms with Gasteiger partial charge in [0, 0.05) is 6.20 Å². The summed E-state index contributed by atoms with van der Waals surface area (Å²) < 4.78 is 5.84. The maximum Gasteiger partial charge on any atom is 0.435 e. The lowest BCUT2D eigenvalue weighted by atomic mass is 10.2. The summed E-state index contributed by atoms with van der Waals surface area (Å²) >= 11 is 0. The predicted molar refractivity (Wildman–Crippen MR) is 50.8 cm³/mol. The van der Waals surface area contributed by atoms with Crippen LogP contribution in [0.3, 0.4) is 0 Å². The molecule has 0 saturated carbocycles. The molecule has 0 atom stereocenters. The van der Waals surface area contributed by atoms with Crippen molar-refractivity contribution in [2.45, 2.75) is 26.4 Å². The lowest BCUT2D eigenvalue weighted by Crippen LogP contribution is -2.27. The zero-order valence-electron chi connectivity index (χ0n) is 8.72. The zero-order chi connectivity index (χ0) is 11.6. The molecule has 82 valence electrons. The summed E-state index contributed by atoms with van der Waals surface area (Å²) in [6.07, 6.45) is 0.548. The molecule has 0 unspecified atom stereocenters. The van der Waals surface area contributed by atoms with Gasteiger partial charge in [0.05, 0.1) is 0 Å². The number of aromatic carboxylic acids is 1. The maximum absolute atomic E-state index is 11.4. The van der Waals surface area contributed by atoms with Gasteiger partial charge in [0.15, 0.2) is 5.69 Å². The highest BCUT2D eigenvalue weighted by atomic mass is 16.6. The summed E-state index contributed by atoms with van der Waals surface area (Å²) in [6.45, 7) is 5.14. The molecule has 1 heterocycles. The summed E-state index contributed by atoms with van der Waals surface area (Å²) in [5.41, 5.74) is -0.826. The third kappa shape index (κ3) is 3.08. The molecule has 1 N–H and O–H groups in total. The number of carbonyl (C=O) groups excluding carboxylic acids is 1. The summed E-state index contributed by atoms with van der Waals surface area (Å²) in [6, 6.07) is 1.23. The average molecular weight is 212 g/mol. The van der Waals surface area contributed by atoms with E-state index in [2.05, 4.69) is 5.10 Å². The van der Waals surface area contributed by atoms with Crippen LogP contribution in [0.1, 0.15) is 31.3 Å². The van der Waals surface area contributed by atoms with Crippen molar-refractivity contribution in [3.8, 4) is 0 Å². The van der Waals surface area contributed by atoms with Gasteiger partial charge in [-0.15, -0.1) is 0 Å². The summed E-state index contributed by atoms with van der Waals surface area (Å²) in [7, 11) is 0. The molecule has 0 fully saturated rings. The van der Waals surface area contributed by atoms with Gasteiger partial charge in [-0.3, -0.25) is 0 Å². The average Bonchev–Trinajstić information content (AvgIpc) is 2.47. The monoisotopic (exact) mass is 212 g/mol. The minimum absolute atomic E-state index is 0.194. The van der Waals surface area contributed by atoms with Crippen LogP contribution in [0.2, 0.25) is 0 Å². The van der Waals surface area contributed by atoms with Gasteiger partial charge in [-0.2, -0.15) is 9.78 Å². The molecule has 15 heavy (non-hydrogen) atoms. The molecule has 1 aromatic rings. The number of nitrogens with zero attached hydrogens (tertiary/aromatic N) is 2. The minimum Gasteiger partial charge on any atom is -0.476 e. The fourth-order valence-electron chi connectivity index (χ4n) is 0.848. The van der Waals surface area contributed by atoms with Crippen LogP contribution < -0.4 is 0 Å². The second-order valence-corrected chi connectivity index (χ2v) is 3.93. The Bertz CT molecular complexity index is 389. The third-order valence-corrected chi connectivity index (χ3v) is 1.39. The Hall–Kier alpha value is -1.85. The van der Waals surface area contributed by atoms with Crippen LogP contribution in [-0.2, 0) is 4.74 Å². The highest BCUT2D eigenvalue weighted by Crippen LogP contribution is 2.08. The van der Waals surface area contributed by atoms with E-state index in [4.69, 9.17) is 9.84 Å². The molecule has 6 nitrogen and oxygen atoms in total. The molecule has 0 spiro atoms. The minimum atomic E-state index is -1.18. The van der Waals surface area contributed by atoms with Gasteiger partial charge < -0.3 is 9.84 Å². The van der Waals surface area contributed by atoms with Crippen molar-refractivity contribution in [3.05, 3.63) is 18.0 Å². The van der Waals surface area contributed by atoms with E-state index in [-0.39, 0.29) is 5.69 Å². The molecule has 0 bridgehead atoms. The van der Waals surface area contributed by atoms with Gasteiger partial charge in [-0.1, -0.05) is 0 Å². The Morgan fingerprint density at radius 3 is 2.47 bits per heavy atom. The van der Waals surface area contributed by atoms with Crippen molar-refractivity contribution in [1.82, 2.24) is 9.78 Å². The molecule has 0 amide bonds. The van der Waals surface area contributed by atoms with Crippen molar-refractivity contribution in [2.75, 3.05) is 0 Å². The maximum atomic E-state index is 11.4. The fraction of sp³-hybridized carbons (Fsp3) is 0.444. The van der Waals surface area contributed by atoms with Crippen LogP contribution in [0.4, 0.5) is 4.79 Å². The number of rotatable bonds is 1. The lowest BCUT2D eigenvalue weighted by molar-refractivity contribution is 0.0513. The van der Waals surface area contributed by atoms with Crippen molar-refractivity contribution in [2.24, 2.45) is 0 Å². The molecular formula is C9H12N2O4. The third-order valence-electron chi connectivity index (χ3n) is 1.39. The van der Waals surface area contributed by atoms with E-state index < -0.39 is 17.7 Å². The van der Waals surface area contributed by atoms with Gasteiger partial charge in [-0.05, 0) is 26.8 Å². The van der Waals surface area contributed by atoms with E-state index in [0.29, 0.717) is 0 Å². The first kappa shape index (κ1) is 11.2. The first-order valence-corrected chi connectivity index (χ1v) is 4.32. The van der Waals surface area contributed by atoms with Crippen molar-refractivity contribution >= 4 is 12.1 Å². The Labute approximate surface area is 86.5 Å². The molecule has 0 radical (unpaired) electrons. The topological polar surface area (TPSA) is 81.4 Å². The summed E-state index contributed by atoms with van der Waals surface area (Å²) in [5.74, 6) is -1.18. The second kappa shape index (κ2) is 3.72. The molecule has 1 rings (SSSR count). The first-order chi connectivity index (χ1) is 6.79. The zero-order valence-corrected chi connectivity index (χ0v) is 8.72. The Kier molecular flexibility index (Phi) is 2.78. The highest BCUT2D eigenvalue weighted by Gasteiger charge is 2.19. The predicted octanol–water partition coefficient (Wildman–Crippen LogP) is 1.36. The number of carbonyl (C=O) groups is 2. The Balaban J connectivity index is 2.79. The van der Waals surface area contributed by atoms with Gasteiger partial charge >= 0.3 is 12.1 Å². The van der Waals surface area contributed by atoms with Gasteiger partial charge in [0.25, 0.3) is 0 Å². The lowest BCUT2D eigenvalue weighted by Gasteiger charge is -2.18. The Morgan fingerprint density at radius 2 is 2.07 bits per heavy atom. The van der Waals surface area contributed by atoms with Crippen LogP contribution in [0.25, 0.3) is 0 Å². The molecule has 0 saturated heterocycles.